The molecule has 1 unspecified atom stereocenters. The second kappa shape index (κ2) is 4.84. The number of carbonyl (C=O) groups is 1. The van der Waals surface area contributed by atoms with Gasteiger partial charge in [0, 0.05) is 12.8 Å². The van der Waals surface area contributed by atoms with Crippen molar-refractivity contribution in [1.29, 1.82) is 0 Å². The van der Waals surface area contributed by atoms with E-state index in [9.17, 15) is 4.79 Å². The summed E-state index contributed by atoms with van der Waals surface area (Å²) in [5, 5.41) is 8.79. The molecule has 0 radical (unpaired) electrons. The minimum atomic E-state index is -1.01. The Morgan fingerprint density at radius 3 is 2.80 bits per heavy atom. The highest BCUT2D eigenvalue weighted by Crippen LogP contribution is 2.13. The summed E-state index contributed by atoms with van der Waals surface area (Å²) in [7, 11) is 0. The van der Waals surface area contributed by atoms with Gasteiger partial charge in [-0.3, -0.25) is 0 Å². The van der Waals surface area contributed by atoms with Crippen molar-refractivity contribution in [3.8, 4) is 0 Å². The topological polar surface area (TPSA) is 72.3 Å². The molecule has 0 spiro atoms. The van der Waals surface area contributed by atoms with Crippen LogP contribution in [0.4, 0.5) is 0 Å². The molecule has 1 N–H and O–H groups in total. The van der Waals surface area contributed by atoms with Crippen LogP contribution in [0, 0.1) is 6.92 Å². The fourth-order valence-electron chi connectivity index (χ4n) is 1.22. The van der Waals surface area contributed by atoms with Gasteiger partial charge in [0.2, 0.25) is 0 Å². The SMILES string of the molecule is CCOC(C)c1ncc(C(=O)O)c(C)n1. The molecule has 0 aliphatic rings. The Morgan fingerprint density at radius 1 is 1.67 bits per heavy atom. The van der Waals surface area contributed by atoms with Gasteiger partial charge >= 0.3 is 5.97 Å². The zero-order valence-corrected chi connectivity index (χ0v) is 9.02. The van der Waals surface area contributed by atoms with E-state index in [-0.39, 0.29) is 11.7 Å². The number of carboxylic acid groups (broad SMARTS) is 1. The van der Waals surface area contributed by atoms with Crippen molar-refractivity contribution in [2.24, 2.45) is 0 Å². The first-order valence-corrected chi connectivity index (χ1v) is 4.74. The monoisotopic (exact) mass is 210 g/mol. The minimum Gasteiger partial charge on any atom is -0.478 e. The van der Waals surface area contributed by atoms with Crippen molar-refractivity contribution in [3.63, 3.8) is 0 Å². The quantitative estimate of drug-likeness (QED) is 0.816. The summed E-state index contributed by atoms with van der Waals surface area (Å²) in [5.41, 5.74) is 0.585. The molecule has 1 rings (SSSR count). The lowest BCUT2D eigenvalue weighted by atomic mass is 10.2. The van der Waals surface area contributed by atoms with Gasteiger partial charge in [-0.25, -0.2) is 14.8 Å². The number of hydrogen-bond donors (Lipinski definition) is 1. The molecule has 1 heterocycles. The Kier molecular flexibility index (Phi) is 3.74. The average Bonchev–Trinajstić information content (AvgIpc) is 2.17. The first kappa shape index (κ1) is 11.6. The molecule has 0 saturated carbocycles. The Bertz CT molecular complexity index is 366. The normalized spacial score (nSPS) is 12.5. The fourth-order valence-corrected chi connectivity index (χ4v) is 1.22. The van der Waals surface area contributed by atoms with Crippen molar-refractivity contribution in [2.75, 3.05) is 6.61 Å². The molecule has 0 aliphatic heterocycles. The number of ether oxygens (including phenoxy) is 1. The summed E-state index contributed by atoms with van der Waals surface area (Å²) < 4.78 is 5.31. The second-order valence-electron chi connectivity index (χ2n) is 3.13. The van der Waals surface area contributed by atoms with Crippen LogP contribution in [-0.4, -0.2) is 27.7 Å². The van der Waals surface area contributed by atoms with Crippen molar-refractivity contribution in [2.45, 2.75) is 26.9 Å². The summed E-state index contributed by atoms with van der Waals surface area (Å²) in [6.45, 7) is 5.94. The average molecular weight is 210 g/mol. The third-order valence-corrected chi connectivity index (χ3v) is 2.01. The molecule has 0 bridgehead atoms. The highest BCUT2D eigenvalue weighted by molar-refractivity contribution is 5.88. The lowest BCUT2D eigenvalue weighted by Crippen LogP contribution is -2.10. The maximum Gasteiger partial charge on any atom is 0.339 e. The number of aryl methyl sites for hydroxylation is 1. The molecule has 0 amide bonds. The maximum absolute atomic E-state index is 10.7. The molecule has 5 heteroatoms. The van der Waals surface area contributed by atoms with E-state index >= 15 is 0 Å². The largest absolute Gasteiger partial charge is 0.478 e. The molecular weight excluding hydrogens is 196 g/mol. The Hall–Kier alpha value is -1.49. The molecule has 82 valence electrons. The minimum absolute atomic E-state index is 0.127. The van der Waals surface area contributed by atoms with Gasteiger partial charge in [-0.05, 0) is 20.8 Å². The number of hydrogen-bond acceptors (Lipinski definition) is 4. The van der Waals surface area contributed by atoms with Crippen LogP contribution in [0.15, 0.2) is 6.20 Å². The van der Waals surface area contributed by atoms with Crippen LogP contribution >= 0.6 is 0 Å². The van der Waals surface area contributed by atoms with E-state index in [2.05, 4.69) is 9.97 Å². The first-order chi connectivity index (χ1) is 7.06. The highest BCUT2D eigenvalue weighted by Gasteiger charge is 2.13. The predicted octanol–water partition coefficient (Wildman–Crippen LogP) is 1.58. The summed E-state index contributed by atoms with van der Waals surface area (Å²) in [6, 6.07) is 0. The zero-order chi connectivity index (χ0) is 11.4. The number of rotatable bonds is 4. The van der Waals surface area contributed by atoms with Crippen LogP contribution in [0.5, 0.6) is 0 Å². The van der Waals surface area contributed by atoms with Gasteiger partial charge in [-0.2, -0.15) is 0 Å². The van der Waals surface area contributed by atoms with Crippen LogP contribution in [0.2, 0.25) is 0 Å². The lowest BCUT2D eigenvalue weighted by molar-refractivity contribution is 0.0673. The third kappa shape index (κ3) is 2.73. The van der Waals surface area contributed by atoms with E-state index in [1.165, 1.54) is 6.20 Å². The summed E-state index contributed by atoms with van der Waals surface area (Å²) in [5.74, 6) is -0.498. The van der Waals surface area contributed by atoms with Crippen LogP contribution in [0.1, 0.15) is 41.8 Å². The van der Waals surface area contributed by atoms with Gasteiger partial charge in [-0.1, -0.05) is 0 Å². The van der Waals surface area contributed by atoms with Gasteiger partial charge < -0.3 is 9.84 Å². The first-order valence-electron chi connectivity index (χ1n) is 4.74. The van der Waals surface area contributed by atoms with Crippen molar-refractivity contribution >= 4 is 5.97 Å². The second-order valence-corrected chi connectivity index (χ2v) is 3.13. The molecular formula is C10H14N2O3. The maximum atomic E-state index is 10.7. The standard InChI is InChI=1S/C10H14N2O3/c1-4-15-7(3)9-11-5-8(10(13)14)6(2)12-9/h5,7H,4H2,1-3H3,(H,13,14). The molecule has 0 aromatic carbocycles. The van der Waals surface area contributed by atoms with Crippen LogP contribution in [-0.2, 0) is 4.74 Å². The van der Waals surface area contributed by atoms with Crippen molar-refractivity contribution in [1.82, 2.24) is 9.97 Å². The Labute approximate surface area is 88.1 Å². The van der Waals surface area contributed by atoms with E-state index in [4.69, 9.17) is 9.84 Å². The van der Waals surface area contributed by atoms with E-state index < -0.39 is 5.97 Å². The molecule has 1 atom stereocenters. The van der Waals surface area contributed by atoms with E-state index in [0.29, 0.717) is 18.1 Å². The molecule has 15 heavy (non-hydrogen) atoms. The van der Waals surface area contributed by atoms with E-state index in [1.807, 2.05) is 13.8 Å². The van der Waals surface area contributed by atoms with Gasteiger partial charge in [0.15, 0.2) is 5.82 Å². The van der Waals surface area contributed by atoms with Gasteiger partial charge in [0.05, 0.1) is 11.3 Å². The predicted molar refractivity (Wildman–Crippen MR) is 53.8 cm³/mol. The molecule has 1 aromatic rings. The Morgan fingerprint density at radius 2 is 2.33 bits per heavy atom. The highest BCUT2D eigenvalue weighted by atomic mass is 16.5. The Balaban J connectivity index is 2.96. The number of carboxylic acids is 1. The molecule has 5 nitrogen and oxygen atoms in total. The zero-order valence-electron chi connectivity index (χ0n) is 9.02. The smallest absolute Gasteiger partial charge is 0.339 e. The van der Waals surface area contributed by atoms with Crippen LogP contribution in [0.3, 0.4) is 0 Å². The van der Waals surface area contributed by atoms with Gasteiger partial charge in [-0.15, -0.1) is 0 Å². The number of aromatic nitrogens is 2. The van der Waals surface area contributed by atoms with Crippen molar-refractivity contribution < 1.29 is 14.6 Å². The summed E-state index contributed by atoms with van der Waals surface area (Å²) in [4.78, 5) is 18.8. The molecule has 0 aliphatic carbocycles. The van der Waals surface area contributed by atoms with Crippen LogP contribution < -0.4 is 0 Å². The fraction of sp³-hybridized carbons (Fsp3) is 0.500. The molecule has 0 saturated heterocycles. The summed E-state index contributed by atoms with van der Waals surface area (Å²) in [6.07, 6.45) is 1.10. The molecule has 0 fully saturated rings. The van der Waals surface area contributed by atoms with Crippen molar-refractivity contribution in [3.05, 3.63) is 23.3 Å². The summed E-state index contributed by atoms with van der Waals surface area (Å²) >= 11 is 0. The number of aromatic carboxylic acids is 1. The van der Waals surface area contributed by atoms with Gasteiger partial charge in [0.25, 0.3) is 0 Å². The van der Waals surface area contributed by atoms with E-state index in [1.54, 1.807) is 6.92 Å². The number of nitrogens with zero attached hydrogens (tertiary/aromatic N) is 2. The van der Waals surface area contributed by atoms with Gasteiger partial charge in [0.1, 0.15) is 6.10 Å². The third-order valence-electron chi connectivity index (χ3n) is 2.01. The lowest BCUT2D eigenvalue weighted by Gasteiger charge is -2.10. The van der Waals surface area contributed by atoms with E-state index in [0.717, 1.165) is 0 Å². The van der Waals surface area contributed by atoms with Crippen LogP contribution in [0.25, 0.3) is 0 Å². The molecule has 1 aromatic heterocycles.